The summed E-state index contributed by atoms with van der Waals surface area (Å²) in [6.45, 7) is 5.88. The molecule has 3 nitrogen and oxygen atoms in total. The molecule has 23 heavy (non-hydrogen) atoms. The molecule has 124 valence electrons. The van der Waals surface area contributed by atoms with Crippen molar-refractivity contribution in [3.05, 3.63) is 52.3 Å². The zero-order chi connectivity index (χ0) is 16.2. The van der Waals surface area contributed by atoms with Gasteiger partial charge in [-0.15, -0.1) is 0 Å². The maximum Gasteiger partial charge on any atom is 0.0481 e. The van der Waals surface area contributed by atoms with E-state index in [0.29, 0.717) is 10.0 Å². The lowest BCUT2D eigenvalue weighted by Crippen LogP contribution is -2.44. The van der Waals surface area contributed by atoms with Gasteiger partial charge in [0.15, 0.2) is 0 Å². The summed E-state index contributed by atoms with van der Waals surface area (Å²) in [5.41, 5.74) is 2.33. The first-order valence-corrected chi connectivity index (χ1v) is 8.91. The van der Waals surface area contributed by atoms with Gasteiger partial charge >= 0.3 is 0 Å². The number of likely N-dealkylation sites (N-methyl/N-ethyl adjacent to an activating group) is 1. The molecule has 0 N–H and O–H groups in total. The Morgan fingerprint density at radius 1 is 1.00 bits per heavy atom. The van der Waals surface area contributed by atoms with E-state index >= 15 is 0 Å². The summed E-state index contributed by atoms with van der Waals surface area (Å²) in [4.78, 5) is 4.95. The number of hydrogen-bond donors (Lipinski definition) is 0. The summed E-state index contributed by atoms with van der Waals surface area (Å²) >= 11 is 12.3. The van der Waals surface area contributed by atoms with Gasteiger partial charge in [0.05, 0.1) is 0 Å². The summed E-state index contributed by atoms with van der Waals surface area (Å²) in [5.74, 6) is 0. The van der Waals surface area contributed by atoms with E-state index in [1.165, 1.54) is 38.3 Å². The van der Waals surface area contributed by atoms with Gasteiger partial charge in [0.2, 0.25) is 0 Å². The van der Waals surface area contributed by atoms with Crippen molar-refractivity contribution in [1.82, 2.24) is 14.4 Å². The van der Waals surface area contributed by atoms with E-state index < -0.39 is 0 Å². The van der Waals surface area contributed by atoms with Crippen molar-refractivity contribution in [1.29, 1.82) is 0 Å². The van der Waals surface area contributed by atoms with Crippen molar-refractivity contribution in [3.8, 4) is 5.69 Å². The first kappa shape index (κ1) is 16.8. The Balaban J connectivity index is 1.60. The number of piperazine rings is 1. The molecule has 1 fully saturated rings. The fraction of sp³-hybridized carbons (Fsp3) is 0.444. The van der Waals surface area contributed by atoms with E-state index in [1.54, 1.807) is 6.07 Å². The largest absolute Gasteiger partial charge is 0.321 e. The average Bonchev–Trinajstić information content (AvgIpc) is 2.97. The van der Waals surface area contributed by atoms with Gasteiger partial charge in [-0.25, -0.2) is 0 Å². The number of aryl methyl sites for hydroxylation is 1. The molecule has 1 aromatic heterocycles. The number of benzene rings is 1. The van der Waals surface area contributed by atoms with Crippen LogP contribution in [-0.2, 0) is 6.42 Å². The summed E-state index contributed by atoms with van der Waals surface area (Å²) in [6, 6.07) is 9.94. The van der Waals surface area contributed by atoms with E-state index in [1.807, 2.05) is 12.1 Å². The van der Waals surface area contributed by atoms with Crippen molar-refractivity contribution in [3.63, 3.8) is 0 Å². The van der Waals surface area contributed by atoms with Crippen LogP contribution >= 0.6 is 23.2 Å². The summed E-state index contributed by atoms with van der Waals surface area (Å²) < 4.78 is 2.18. The fourth-order valence-corrected chi connectivity index (χ4v) is 3.62. The third kappa shape index (κ3) is 4.51. The topological polar surface area (TPSA) is 11.4 Å². The SMILES string of the molecule is CN1CCN(CCCc2cccn2-c2cc(Cl)cc(Cl)c2)CC1. The molecule has 5 heteroatoms. The first-order chi connectivity index (χ1) is 11.1. The maximum absolute atomic E-state index is 6.13. The molecule has 0 saturated carbocycles. The normalized spacial score (nSPS) is 16.8. The van der Waals surface area contributed by atoms with E-state index in [-0.39, 0.29) is 0 Å². The van der Waals surface area contributed by atoms with Crippen LogP contribution in [0.15, 0.2) is 36.5 Å². The molecule has 1 saturated heterocycles. The fourth-order valence-electron chi connectivity index (χ4n) is 3.11. The molecule has 0 spiro atoms. The monoisotopic (exact) mass is 351 g/mol. The Kier molecular flexibility index (Phi) is 5.65. The lowest BCUT2D eigenvalue weighted by molar-refractivity contribution is 0.153. The van der Waals surface area contributed by atoms with Crippen molar-refractivity contribution < 1.29 is 0 Å². The van der Waals surface area contributed by atoms with Gasteiger partial charge in [0, 0.05) is 53.8 Å². The van der Waals surface area contributed by atoms with Gasteiger partial charge < -0.3 is 14.4 Å². The van der Waals surface area contributed by atoms with Gasteiger partial charge in [-0.1, -0.05) is 23.2 Å². The second-order valence-corrected chi connectivity index (χ2v) is 7.12. The maximum atomic E-state index is 6.13. The van der Waals surface area contributed by atoms with Gasteiger partial charge in [0.1, 0.15) is 0 Å². The number of aromatic nitrogens is 1. The van der Waals surface area contributed by atoms with E-state index in [0.717, 1.165) is 18.7 Å². The van der Waals surface area contributed by atoms with Crippen LogP contribution in [0, 0.1) is 0 Å². The second-order valence-electron chi connectivity index (χ2n) is 6.25. The Bertz CT molecular complexity index is 625. The van der Waals surface area contributed by atoms with Crippen LogP contribution in [-0.4, -0.2) is 54.1 Å². The van der Waals surface area contributed by atoms with Crippen LogP contribution in [0.3, 0.4) is 0 Å². The summed E-state index contributed by atoms with van der Waals surface area (Å²) in [6.07, 6.45) is 4.30. The zero-order valence-corrected chi connectivity index (χ0v) is 15.0. The van der Waals surface area contributed by atoms with E-state index in [4.69, 9.17) is 23.2 Å². The minimum Gasteiger partial charge on any atom is -0.321 e. The highest BCUT2D eigenvalue weighted by Crippen LogP contribution is 2.23. The number of nitrogens with zero attached hydrogens (tertiary/aromatic N) is 3. The Hall–Kier alpha value is -1.000. The molecular weight excluding hydrogens is 329 g/mol. The molecule has 0 radical (unpaired) electrons. The Labute approximate surface area is 148 Å². The van der Waals surface area contributed by atoms with Crippen LogP contribution in [0.5, 0.6) is 0 Å². The highest BCUT2D eigenvalue weighted by atomic mass is 35.5. The lowest BCUT2D eigenvalue weighted by Gasteiger charge is -2.32. The molecule has 0 unspecified atom stereocenters. The third-order valence-corrected chi connectivity index (χ3v) is 4.90. The minimum atomic E-state index is 0.671. The predicted molar refractivity (Wildman–Crippen MR) is 98.0 cm³/mol. The number of hydrogen-bond acceptors (Lipinski definition) is 2. The van der Waals surface area contributed by atoms with Crippen LogP contribution in [0.2, 0.25) is 10.0 Å². The summed E-state index contributed by atoms with van der Waals surface area (Å²) in [7, 11) is 2.19. The molecule has 2 heterocycles. The molecule has 0 amide bonds. The molecule has 1 aliphatic rings. The van der Waals surface area contributed by atoms with E-state index in [2.05, 4.69) is 39.7 Å². The molecule has 3 rings (SSSR count). The standard InChI is InChI=1S/C18H23Cl2N3/c1-21-8-10-22(11-9-21)6-2-4-17-5-3-7-23(17)18-13-15(19)12-16(20)14-18/h3,5,7,12-14H,2,4,6,8-11H2,1H3. The third-order valence-electron chi connectivity index (χ3n) is 4.46. The second kappa shape index (κ2) is 7.71. The summed E-state index contributed by atoms with van der Waals surface area (Å²) in [5, 5.41) is 1.34. The van der Waals surface area contributed by atoms with Crippen molar-refractivity contribution in [2.75, 3.05) is 39.8 Å². The first-order valence-electron chi connectivity index (χ1n) is 8.15. The number of halogens is 2. The average molecular weight is 352 g/mol. The van der Waals surface area contributed by atoms with Gasteiger partial charge in [-0.2, -0.15) is 0 Å². The van der Waals surface area contributed by atoms with Crippen LogP contribution < -0.4 is 0 Å². The molecule has 0 bridgehead atoms. The molecular formula is C18H23Cl2N3. The quantitative estimate of drug-likeness (QED) is 0.807. The zero-order valence-electron chi connectivity index (χ0n) is 13.5. The van der Waals surface area contributed by atoms with Gasteiger partial charge in [0.25, 0.3) is 0 Å². The molecule has 0 atom stereocenters. The Morgan fingerprint density at radius 2 is 1.70 bits per heavy atom. The lowest BCUT2D eigenvalue weighted by atomic mass is 10.2. The van der Waals surface area contributed by atoms with Gasteiger partial charge in [-0.3, -0.25) is 0 Å². The van der Waals surface area contributed by atoms with Crippen LogP contribution in [0.25, 0.3) is 5.69 Å². The van der Waals surface area contributed by atoms with E-state index in [9.17, 15) is 0 Å². The van der Waals surface area contributed by atoms with Crippen LogP contribution in [0.4, 0.5) is 0 Å². The highest BCUT2D eigenvalue weighted by molar-refractivity contribution is 6.34. The molecule has 1 aliphatic heterocycles. The number of rotatable bonds is 5. The molecule has 1 aromatic carbocycles. The molecule has 2 aromatic rings. The smallest absolute Gasteiger partial charge is 0.0481 e. The van der Waals surface area contributed by atoms with Crippen molar-refractivity contribution in [2.24, 2.45) is 0 Å². The minimum absolute atomic E-state index is 0.671. The van der Waals surface area contributed by atoms with Gasteiger partial charge in [-0.05, 0) is 56.8 Å². The Morgan fingerprint density at radius 3 is 2.39 bits per heavy atom. The predicted octanol–water partition coefficient (Wildman–Crippen LogP) is 3.96. The van der Waals surface area contributed by atoms with Crippen molar-refractivity contribution in [2.45, 2.75) is 12.8 Å². The highest BCUT2D eigenvalue weighted by Gasteiger charge is 2.13. The van der Waals surface area contributed by atoms with Crippen molar-refractivity contribution >= 4 is 23.2 Å². The molecule has 0 aliphatic carbocycles. The van der Waals surface area contributed by atoms with Crippen LogP contribution in [0.1, 0.15) is 12.1 Å².